The maximum absolute atomic E-state index is 13.1. The minimum atomic E-state index is -1.97. The van der Waals surface area contributed by atoms with Gasteiger partial charge in [0.1, 0.15) is 5.60 Å². The fourth-order valence-corrected chi connectivity index (χ4v) is 1.49. The Bertz CT molecular complexity index is 496. The number of carbonyl (C=O) groups is 2. The first-order chi connectivity index (χ1) is 9.17. The summed E-state index contributed by atoms with van der Waals surface area (Å²) < 4.78 is 18.2. The Morgan fingerprint density at radius 3 is 2.60 bits per heavy atom. The highest BCUT2D eigenvalue weighted by Gasteiger charge is 2.18. The molecule has 1 atom stereocenters. The molecule has 1 unspecified atom stereocenters. The molecular weight excluding hydrogens is 265 g/mol. The molecule has 0 aliphatic carbocycles. The lowest BCUT2D eigenvalue weighted by Crippen LogP contribution is -2.27. The molecule has 0 aliphatic rings. The van der Waals surface area contributed by atoms with E-state index in [0.29, 0.717) is 11.3 Å². The summed E-state index contributed by atoms with van der Waals surface area (Å²) >= 11 is 0. The minimum Gasteiger partial charge on any atom is -0.479 e. The highest BCUT2D eigenvalue weighted by Crippen LogP contribution is 2.15. The summed E-state index contributed by atoms with van der Waals surface area (Å²) in [6.07, 6.45) is -2.84. The smallest absolute Gasteiger partial charge is 0.412 e. The molecule has 2 N–H and O–H groups in total. The van der Waals surface area contributed by atoms with E-state index in [-0.39, 0.29) is 6.42 Å². The van der Waals surface area contributed by atoms with E-state index in [0.717, 1.165) is 0 Å². The Morgan fingerprint density at radius 2 is 2.05 bits per heavy atom. The highest BCUT2D eigenvalue weighted by molar-refractivity contribution is 5.85. The number of carboxylic acids is 1. The molecular formula is C14H18FNO4. The molecule has 0 saturated carbocycles. The first kappa shape index (κ1) is 15.9. The van der Waals surface area contributed by atoms with Crippen molar-refractivity contribution in [2.75, 3.05) is 5.32 Å². The van der Waals surface area contributed by atoms with Gasteiger partial charge in [0, 0.05) is 12.1 Å². The standard InChI is InChI=1S/C14H18FNO4/c1-14(2,3)20-13(19)16-10-6-4-5-9(7-10)8-11(15)12(17)18/h4-7,11H,8H2,1-3H3,(H,16,19)(H,17,18). The van der Waals surface area contributed by atoms with Gasteiger partial charge in [-0.05, 0) is 38.5 Å². The summed E-state index contributed by atoms with van der Waals surface area (Å²) in [4.78, 5) is 22.0. The van der Waals surface area contributed by atoms with Crippen LogP contribution in [0.15, 0.2) is 24.3 Å². The van der Waals surface area contributed by atoms with Crippen molar-refractivity contribution in [2.45, 2.75) is 39.0 Å². The monoisotopic (exact) mass is 283 g/mol. The van der Waals surface area contributed by atoms with E-state index in [2.05, 4.69) is 5.32 Å². The van der Waals surface area contributed by atoms with Crippen LogP contribution >= 0.6 is 0 Å². The molecule has 0 fully saturated rings. The third-order valence-electron chi connectivity index (χ3n) is 2.26. The number of aliphatic carboxylic acids is 1. The maximum Gasteiger partial charge on any atom is 0.412 e. The number of carboxylic acid groups (broad SMARTS) is 1. The second-order valence-corrected chi connectivity index (χ2v) is 5.34. The van der Waals surface area contributed by atoms with Gasteiger partial charge in [0.15, 0.2) is 0 Å². The fraction of sp³-hybridized carbons (Fsp3) is 0.429. The zero-order valence-electron chi connectivity index (χ0n) is 11.6. The molecule has 0 spiro atoms. The third-order valence-corrected chi connectivity index (χ3v) is 2.26. The Hall–Kier alpha value is -2.11. The number of nitrogens with one attached hydrogen (secondary N) is 1. The maximum atomic E-state index is 13.1. The number of hydrogen-bond donors (Lipinski definition) is 2. The second-order valence-electron chi connectivity index (χ2n) is 5.34. The molecule has 110 valence electrons. The summed E-state index contributed by atoms with van der Waals surface area (Å²) in [7, 11) is 0. The minimum absolute atomic E-state index is 0.251. The molecule has 20 heavy (non-hydrogen) atoms. The van der Waals surface area contributed by atoms with Crippen molar-refractivity contribution in [3.8, 4) is 0 Å². The number of rotatable bonds is 4. The average molecular weight is 283 g/mol. The molecule has 0 aromatic heterocycles. The van der Waals surface area contributed by atoms with Crippen LogP contribution in [0.1, 0.15) is 26.3 Å². The third kappa shape index (κ3) is 5.69. The molecule has 0 radical (unpaired) electrons. The van der Waals surface area contributed by atoms with E-state index < -0.39 is 23.8 Å². The summed E-state index contributed by atoms with van der Waals surface area (Å²) in [6, 6.07) is 6.33. The number of halogens is 1. The first-order valence-electron chi connectivity index (χ1n) is 6.13. The van der Waals surface area contributed by atoms with Gasteiger partial charge >= 0.3 is 12.1 Å². The number of carbonyl (C=O) groups excluding carboxylic acids is 1. The van der Waals surface area contributed by atoms with Crippen molar-refractivity contribution >= 4 is 17.7 Å². The summed E-state index contributed by atoms with van der Waals surface area (Å²) in [6.45, 7) is 5.22. The van der Waals surface area contributed by atoms with Crippen LogP contribution in [0.3, 0.4) is 0 Å². The molecule has 0 aliphatic heterocycles. The van der Waals surface area contributed by atoms with Gasteiger partial charge in [0.2, 0.25) is 6.17 Å². The average Bonchev–Trinajstić information content (AvgIpc) is 2.26. The van der Waals surface area contributed by atoms with Gasteiger partial charge < -0.3 is 9.84 Å². The molecule has 1 rings (SSSR count). The number of benzene rings is 1. The Kier molecular flexibility index (Phi) is 5.07. The van der Waals surface area contributed by atoms with E-state index in [1.165, 1.54) is 6.07 Å². The van der Waals surface area contributed by atoms with Gasteiger partial charge in [0.05, 0.1) is 0 Å². The Balaban J connectivity index is 2.69. The fourth-order valence-electron chi connectivity index (χ4n) is 1.49. The molecule has 0 saturated heterocycles. The van der Waals surface area contributed by atoms with E-state index in [1.54, 1.807) is 39.0 Å². The van der Waals surface area contributed by atoms with Crippen LogP contribution in [0, 0.1) is 0 Å². The van der Waals surface area contributed by atoms with Crippen molar-refractivity contribution in [2.24, 2.45) is 0 Å². The van der Waals surface area contributed by atoms with Crippen LogP contribution in [0.4, 0.5) is 14.9 Å². The summed E-state index contributed by atoms with van der Waals surface area (Å²) in [5.41, 5.74) is 0.289. The van der Waals surface area contributed by atoms with Crippen molar-refractivity contribution in [3.63, 3.8) is 0 Å². The number of alkyl halides is 1. The van der Waals surface area contributed by atoms with Gasteiger partial charge in [-0.15, -0.1) is 0 Å². The molecule has 0 heterocycles. The lowest BCUT2D eigenvalue weighted by Gasteiger charge is -2.19. The number of anilines is 1. The Morgan fingerprint density at radius 1 is 1.40 bits per heavy atom. The second kappa shape index (κ2) is 6.36. The van der Waals surface area contributed by atoms with Crippen molar-refractivity contribution in [1.82, 2.24) is 0 Å². The van der Waals surface area contributed by atoms with Crippen LogP contribution in [0.25, 0.3) is 0 Å². The van der Waals surface area contributed by atoms with Gasteiger partial charge in [-0.3, -0.25) is 5.32 Å². The molecule has 5 nitrogen and oxygen atoms in total. The largest absolute Gasteiger partial charge is 0.479 e. The molecule has 1 amide bonds. The zero-order chi connectivity index (χ0) is 15.3. The lowest BCUT2D eigenvalue weighted by atomic mass is 10.1. The van der Waals surface area contributed by atoms with Crippen LogP contribution < -0.4 is 5.32 Å². The lowest BCUT2D eigenvalue weighted by molar-refractivity contribution is -0.142. The van der Waals surface area contributed by atoms with Crippen molar-refractivity contribution in [1.29, 1.82) is 0 Å². The molecule has 1 aromatic carbocycles. The number of ether oxygens (including phenoxy) is 1. The van der Waals surface area contributed by atoms with Crippen LogP contribution in [-0.4, -0.2) is 28.9 Å². The molecule has 6 heteroatoms. The van der Waals surface area contributed by atoms with Gasteiger partial charge in [0.25, 0.3) is 0 Å². The molecule has 0 bridgehead atoms. The molecule has 1 aromatic rings. The highest BCUT2D eigenvalue weighted by atomic mass is 19.1. The van der Waals surface area contributed by atoms with Gasteiger partial charge in [-0.1, -0.05) is 12.1 Å². The Labute approximate surface area is 116 Å². The quantitative estimate of drug-likeness (QED) is 0.890. The van der Waals surface area contributed by atoms with E-state index in [1.807, 2.05) is 0 Å². The topological polar surface area (TPSA) is 75.6 Å². The zero-order valence-corrected chi connectivity index (χ0v) is 11.6. The number of hydrogen-bond acceptors (Lipinski definition) is 3. The van der Waals surface area contributed by atoms with E-state index in [9.17, 15) is 14.0 Å². The van der Waals surface area contributed by atoms with Crippen LogP contribution in [-0.2, 0) is 16.0 Å². The predicted octanol–water partition coefficient (Wildman–Crippen LogP) is 3.00. The number of amides is 1. The summed E-state index contributed by atoms with van der Waals surface area (Å²) in [5.74, 6) is -1.50. The first-order valence-corrected chi connectivity index (χ1v) is 6.13. The normalized spacial score (nSPS) is 12.6. The van der Waals surface area contributed by atoms with Gasteiger partial charge in [-0.25, -0.2) is 14.0 Å². The van der Waals surface area contributed by atoms with E-state index >= 15 is 0 Å². The van der Waals surface area contributed by atoms with Crippen molar-refractivity contribution in [3.05, 3.63) is 29.8 Å². The van der Waals surface area contributed by atoms with Crippen molar-refractivity contribution < 1.29 is 23.8 Å². The van der Waals surface area contributed by atoms with Crippen LogP contribution in [0.2, 0.25) is 0 Å². The predicted molar refractivity (Wildman–Crippen MR) is 72.5 cm³/mol. The SMILES string of the molecule is CC(C)(C)OC(=O)Nc1cccc(CC(F)C(=O)O)c1. The summed E-state index contributed by atoms with van der Waals surface area (Å²) in [5, 5.41) is 11.0. The van der Waals surface area contributed by atoms with E-state index in [4.69, 9.17) is 9.84 Å². The van der Waals surface area contributed by atoms with Gasteiger partial charge in [-0.2, -0.15) is 0 Å². The van der Waals surface area contributed by atoms with Crippen LogP contribution in [0.5, 0.6) is 0 Å².